The Morgan fingerprint density at radius 2 is 2.27 bits per heavy atom. The van der Waals surface area contributed by atoms with E-state index in [1.165, 1.54) is 11.5 Å². The molecule has 8 nitrogen and oxygen atoms in total. The molecule has 3 rings (SSSR count). The van der Waals surface area contributed by atoms with Crippen LogP contribution >= 0.6 is 11.5 Å². The third-order valence-electron chi connectivity index (χ3n) is 3.33. The molecule has 0 spiro atoms. The minimum atomic E-state index is 0.0575. The van der Waals surface area contributed by atoms with Crippen LogP contribution in [0.4, 0.5) is 10.8 Å². The van der Waals surface area contributed by atoms with Crippen LogP contribution in [0.25, 0.3) is 0 Å². The van der Waals surface area contributed by atoms with Crippen molar-refractivity contribution in [2.45, 2.75) is 19.9 Å². The number of amides is 1. The van der Waals surface area contributed by atoms with E-state index in [-0.39, 0.29) is 12.5 Å². The fourth-order valence-corrected chi connectivity index (χ4v) is 2.81. The predicted molar refractivity (Wildman–Crippen MR) is 82.2 cm³/mol. The molecule has 1 N–H and O–H groups in total. The second kappa shape index (κ2) is 6.84. The molecule has 1 saturated heterocycles. The number of morpholine rings is 1. The zero-order valence-corrected chi connectivity index (χ0v) is 13.2. The van der Waals surface area contributed by atoms with Crippen LogP contribution in [0, 0.1) is 0 Å². The largest absolute Gasteiger partial charge is 0.378 e. The normalized spacial score (nSPS) is 15.0. The van der Waals surface area contributed by atoms with E-state index in [4.69, 9.17) is 4.74 Å². The summed E-state index contributed by atoms with van der Waals surface area (Å²) in [5, 5.41) is 8.09. The van der Waals surface area contributed by atoms with Crippen molar-refractivity contribution in [3.8, 4) is 0 Å². The van der Waals surface area contributed by atoms with E-state index in [1.807, 2.05) is 6.92 Å². The Morgan fingerprint density at radius 1 is 1.45 bits per heavy atom. The highest BCUT2D eigenvalue weighted by atomic mass is 32.1. The summed E-state index contributed by atoms with van der Waals surface area (Å²) in [6.07, 6.45) is 4.29. The molecule has 3 heterocycles. The van der Waals surface area contributed by atoms with Crippen molar-refractivity contribution in [2.75, 3.05) is 31.6 Å². The fourth-order valence-electron chi connectivity index (χ4n) is 2.14. The van der Waals surface area contributed by atoms with Crippen LogP contribution < -0.4 is 5.32 Å². The first-order valence-electron chi connectivity index (χ1n) is 7.22. The lowest BCUT2D eigenvalue weighted by molar-refractivity contribution is -0.136. The highest BCUT2D eigenvalue weighted by Crippen LogP contribution is 2.18. The van der Waals surface area contributed by atoms with Gasteiger partial charge in [0.2, 0.25) is 11.0 Å². The third kappa shape index (κ3) is 3.60. The topological polar surface area (TPSA) is 85.2 Å². The van der Waals surface area contributed by atoms with Gasteiger partial charge in [-0.25, -0.2) is 4.98 Å². The first-order chi connectivity index (χ1) is 10.7. The molecule has 118 valence electrons. The summed E-state index contributed by atoms with van der Waals surface area (Å²) < 4.78 is 11.1. The molecule has 1 aliphatic heterocycles. The molecule has 0 aromatic carbocycles. The molecule has 0 saturated carbocycles. The van der Waals surface area contributed by atoms with Gasteiger partial charge in [-0.05, 0) is 0 Å². The monoisotopic (exact) mass is 322 g/mol. The van der Waals surface area contributed by atoms with Crippen molar-refractivity contribution < 1.29 is 9.53 Å². The Bertz CT molecular complexity index is 634. The van der Waals surface area contributed by atoms with Gasteiger partial charge in [-0.3, -0.25) is 9.48 Å². The molecule has 2 aromatic heterocycles. The van der Waals surface area contributed by atoms with E-state index in [9.17, 15) is 4.79 Å². The number of hydrogen-bond acceptors (Lipinski definition) is 7. The summed E-state index contributed by atoms with van der Waals surface area (Å²) in [5.41, 5.74) is 0.800. The zero-order valence-electron chi connectivity index (χ0n) is 12.4. The van der Waals surface area contributed by atoms with E-state index in [1.54, 1.807) is 22.0 Å². The van der Waals surface area contributed by atoms with Gasteiger partial charge >= 0.3 is 0 Å². The van der Waals surface area contributed by atoms with Crippen molar-refractivity contribution in [1.82, 2.24) is 24.0 Å². The molecule has 9 heteroatoms. The SMILES string of the molecule is CCc1nsc(Nc2cnn(CC(=O)N3CCOCC3)c2)n1. The molecule has 1 fully saturated rings. The lowest BCUT2D eigenvalue weighted by Crippen LogP contribution is -2.42. The number of hydrogen-bond donors (Lipinski definition) is 1. The van der Waals surface area contributed by atoms with Crippen LogP contribution in [-0.4, -0.2) is 56.2 Å². The maximum atomic E-state index is 12.1. The molecular weight excluding hydrogens is 304 g/mol. The molecule has 22 heavy (non-hydrogen) atoms. The molecule has 0 bridgehead atoms. The van der Waals surface area contributed by atoms with Gasteiger partial charge in [0, 0.05) is 37.2 Å². The first kappa shape index (κ1) is 14.9. The Balaban J connectivity index is 1.57. The number of carbonyl (C=O) groups is 1. The van der Waals surface area contributed by atoms with E-state index in [0.717, 1.165) is 23.1 Å². The average Bonchev–Trinajstić information content (AvgIpc) is 3.18. The molecule has 0 atom stereocenters. The Morgan fingerprint density at radius 3 is 3.00 bits per heavy atom. The number of nitrogens with one attached hydrogen (secondary N) is 1. The van der Waals surface area contributed by atoms with Gasteiger partial charge in [0.1, 0.15) is 12.4 Å². The van der Waals surface area contributed by atoms with Crippen molar-refractivity contribution in [3.05, 3.63) is 18.2 Å². The van der Waals surface area contributed by atoms with Gasteiger partial charge < -0.3 is 15.0 Å². The van der Waals surface area contributed by atoms with E-state index >= 15 is 0 Å². The summed E-state index contributed by atoms with van der Waals surface area (Å²) in [6, 6.07) is 0. The molecular formula is C13H18N6O2S. The quantitative estimate of drug-likeness (QED) is 0.880. The van der Waals surface area contributed by atoms with Crippen LogP contribution in [-0.2, 0) is 22.5 Å². The van der Waals surface area contributed by atoms with Gasteiger partial charge in [-0.2, -0.15) is 9.47 Å². The second-order valence-corrected chi connectivity index (χ2v) is 5.67. The summed E-state index contributed by atoms with van der Waals surface area (Å²) in [5.74, 6) is 0.879. The van der Waals surface area contributed by atoms with Gasteiger partial charge in [0.05, 0.1) is 25.1 Å². The first-order valence-corrected chi connectivity index (χ1v) is 7.99. The standard InChI is InChI=1S/C13H18N6O2S/c1-2-11-16-13(22-17-11)15-10-7-14-19(8-10)9-12(20)18-3-5-21-6-4-18/h7-8H,2-6,9H2,1H3,(H,15,16,17). The number of aryl methyl sites for hydroxylation is 1. The van der Waals surface area contributed by atoms with Gasteiger partial charge in [0.15, 0.2) is 0 Å². The minimum Gasteiger partial charge on any atom is -0.378 e. The molecule has 1 aliphatic rings. The summed E-state index contributed by atoms with van der Waals surface area (Å²) in [7, 11) is 0. The number of aromatic nitrogens is 4. The van der Waals surface area contributed by atoms with Crippen molar-refractivity contribution >= 4 is 28.3 Å². The van der Waals surface area contributed by atoms with Crippen molar-refractivity contribution in [3.63, 3.8) is 0 Å². The fraction of sp³-hybridized carbons (Fsp3) is 0.538. The smallest absolute Gasteiger partial charge is 0.244 e. The molecule has 0 aliphatic carbocycles. The summed E-state index contributed by atoms with van der Waals surface area (Å²) in [4.78, 5) is 18.3. The molecule has 0 radical (unpaired) electrons. The maximum Gasteiger partial charge on any atom is 0.244 e. The third-order valence-corrected chi connectivity index (χ3v) is 4.00. The van der Waals surface area contributed by atoms with Crippen LogP contribution in [0.5, 0.6) is 0 Å². The van der Waals surface area contributed by atoms with Gasteiger partial charge in [-0.1, -0.05) is 6.92 Å². The lowest BCUT2D eigenvalue weighted by atomic mass is 10.4. The van der Waals surface area contributed by atoms with E-state index in [0.29, 0.717) is 26.3 Å². The van der Waals surface area contributed by atoms with Crippen LogP contribution in [0.3, 0.4) is 0 Å². The molecule has 0 unspecified atom stereocenters. The minimum absolute atomic E-state index is 0.0575. The van der Waals surface area contributed by atoms with Crippen LogP contribution in [0.2, 0.25) is 0 Å². The highest BCUT2D eigenvalue weighted by Gasteiger charge is 2.17. The average molecular weight is 322 g/mol. The Kier molecular flexibility index (Phi) is 4.64. The van der Waals surface area contributed by atoms with Crippen molar-refractivity contribution in [2.24, 2.45) is 0 Å². The van der Waals surface area contributed by atoms with E-state index < -0.39 is 0 Å². The zero-order chi connectivity index (χ0) is 15.4. The van der Waals surface area contributed by atoms with Gasteiger partial charge in [-0.15, -0.1) is 0 Å². The van der Waals surface area contributed by atoms with E-state index in [2.05, 4.69) is 19.8 Å². The van der Waals surface area contributed by atoms with Gasteiger partial charge in [0.25, 0.3) is 0 Å². The highest BCUT2D eigenvalue weighted by molar-refractivity contribution is 7.09. The number of ether oxygens (including phenoxy) is 1. The number of rotatable bonds is 5. The van der Waals surface area contributed by atoms with Crippen LogP contribution in [0.1, 0.15) is 12.7 Å². The summed E-state index contributed by atoms with van der Waals surface area (Å²) >= 11 is 1.32. The Labute approximate surface area is 132 Å². The maximum absolute atomic E-state index is 12.1. The molecule has 2 aromatic rings. The van der Waals surface area contributed by atoms with Crippen LogP contribution in [0.15, 0.2) is 12.4 Å². The number of anilines is 2. The molecule has 1 amide bonds. The lowest BCUT2D eigenvalue weighted by Gasteiger charge is -2.26. The van der Waals surface area contributed by atoms with Crippen molar-refractivity contribution in [1.29, 1.82) is 0 Å². The number of nitrogens with zero attached hydrogens (tertiary/aromatic N) is 5. The summed E-state index contributed by atoms with van der Waals surface area (Å²) in [6.45, 7) is 4.76. The Hall–Kier alpha value is -2.00. The second-order valence-electron chi connectivity index (χ2n) is 4.91. The number of carbonyl (C=O) groups excluding carboxylic acids is 1. The predicted octanol–water partition coefficient (Wildman–Crippen LogP) is 0.899.